The maximum atomic E-state index is 11.7. The van der Waals surface area contributed by atoms with Gasteiger partial charge in [-0.15, -0.1) is 11.8 Å². The molecule has 0 unspecified atom stereocenters. The van der Waals surface area contributed by atoms with E-state index in [0.29, 0.717) is 24.8 Å². The molecule has 1 aliphatic heterocycles. The van der Waals surface area contributed by atoms with Crippen LogP contribution >= 0.6 is 11.8 Å². The van der Waals surface area contributed by atoms with Crippen molar-refractivity contribution >= 4 is 23.6 Å². The van der Waals surface area contributed by atoms with Crippen molar-refractivity contribution in [2.45, 2.75) is 6.04 Å². The van der Waals surface area contributed by atoms with Crippen molar-refractivity contribution in [1.82, 2.24) is 10.2 Å². The zero-order valence-corrected chi connectivity index (χ0v) is 9.96. The number of aliphatic carboxylic acids is 1. The molecule has 1 fully saturated rings. The smallest absolute Gasteiger partial charge is 0.327 e. The number of nitrogens with zero attached hydrogens (tertiary/aromatic N) is 1. The summed E-state index contributed by atoms with van der Waals surface area (Å²) in [5.41, 5.74) is 0. The molecule has 6 nitrogen and oxygen atoms in total. The number of rotatable bonds is 6. The average molecular weight is 248 g/mol. The molecule has 1 saturated heterocycles. The fraction of sp³-hybridized carbons (Fsp3) is 0.778. The van der Waals surface area contributed by atoms with Crippen LogP contribution in [0, 0.1) is 0 Å². The Labute approximate surface area is 98.3 Å². The summed E-state index contributed by atoms with van der Waals surface area (Å²) >= 11 is 1.46. The molecular weight excluding hydrogens is 232 g/mol. The summed E-state index contributed by atoms with van der Waals surface area (Å²) in [5, 5.41) is 11.8. The number of hydrogen-bond acceptors (Lipinski definition) is 5. The van der Waals surface area contributed by atoms with Crippen molar-refractivity contribution in [3.8, 4) is 0 Å². The highest BCUT2D eigenvalue weighted by Crippen LogP contribution is 2.20. The lowest BCUT2D eigenvalue weighted by Gasteiger charge is -2.20. The van der Waals surface area contributed by atoms with Gasteiger partial charge in [-0.2, -0.15) is 0 Å². The topological polar surface area (TPSA) is 78.9 Å². The van der Waals surface area contributed by atoms with Crippen LogP contribution in [0.15, 0.2) is 0 Å². The van der Waals surface area contributed by atoms with E-state index in [1.807, 2.05) is 0 Å². The molecule has 0 aromatic heterocycles. The maximum Gasteiger partial charge on any atom is 0.327 e. The SMILES string of the molecule is COCCNCC(=O)N1CSC[C@H]1C(=O)O. The van der Waals surface area contributed by atoms with Gasteiger partial charge in [0.05, 0.1) is 19.0 Å². The monoisotopic (exact) mass is 248 g/mol. The number of carboxylic acid groups (broad SMARTS) is 1. The maximum absolute atomic E-state index is 11.7. The first kappa shape index (κ1) is 13.3. The van der Waals surface area contributed by atoms with Crippen molar-refractivity contribution in [1.29, 1.82) is 0 Å². The van der Waals surface area contributed by atoms with Crippen LogP contribution in [0.25, 0.3) is 0 Å². The zero-order chi connectivity index (χ0) is 12.0. The van der Waals surface area contributed by atoms with E-state index in [4.69, 9.17) is 9.84 Å². The summed E-state index contributed by atoms with van der Waals surface area (Å²) < 4.78 is 4.82. The molecular formula is C9H16N2O4S. The average Bonchev–Trinajstić information content (AvgIpc) is 2.73. The van der Waals surface area contributed by atoms with Crippen LogP contribution < -0.4 is 5.32 Å². The Kier molecular flexibility index (Phi) is 5.58. The van der Waals surface area contributed by atoms with Crippen LogP contribution in [0.2, 0.25) is 0 Å². The minimum Gasteiger partial charge on any atom is -0.480 e. The van der Waals surface area contributed by atoms with Crippen LogP contribution in [-0.2, 0) is 14.3 Å². The first-order valence-electron chi connectivity index (χ1n) is 4.96. The Hall–Kier alpha value is -0.790. The second kappa shape index (κ2) is 6.72. The van der Waals surface area contributed by atoms with Crippen LogP contribution in [0.5, 0.6) is 0 Å². The fourth-order valence-electron chi connectivity index (χ4n) is 1.36. The molecule has 1 rings (SSSR count). The highest BCUT2D eigenvalue weighted by Gasteiger charge is 2.33. The molecule has 2 N–H and O–H groups in total. The summed E-state index contributed by atoms with van der Waals surface area (Å²) in [4.78, 5) is 23.9. The standard InChI is InChI=1S/C9H16N2O4S/c1-15-3-2-10-4-8(12)11-6-16-5-7(11)9(13)14/h7,10H,2-6H2,1H3,(H,13,14)/t7-/m0/s1. The summed E-state index contributed by atoms with van der Waals surface area (Å²) in [6, 6.07) is -0.679. The van der Waals surface area contributed by atoms with Crippen molar-refractivity contribution < 1.29 is 19.4 Å². The summed E-state index contributed by atoms with van der Waals surface area (Å²) in [6.45, 7) is 1.28. The molecule has 7 heteroatoms. The third-order valence-corrected chi connectivity index (χ3v) is 3.26. The van der Waals surface area contributed by atoms with Gasteiger partial charge in [-0.3, -0.25) is 4.79 Å². The minimum absolute atomic E-state index is 0.160. The van der Waals surface area contributed by atoms with Gasteiger partial charge in [0.25, 0.3) is 0 Å². The van der Waals surface area contributed by atoms with Gasteiger partial charge in [-0.1, -0.05) is 0 Å². The summed E-state index contributed by atoms with van der Waals surface area (Å²) in [7, 11) is 1.58. The molecule has 16 heavy (non-hydrogen) atoms. The number of thioether (sulfide) groups is 1. The molecule has 1 amide bonds. The molecule has 1 atom stereocenters. The van der Waals surface area contributed by atoms with E-state index in [9.17, 15) is 9.59 Å². The number of carbonyl (C=O) groups excluding carboxylic acids is 1. The van der Waals surface area contributed by atoms with Crippen LogP contribution in [-0.4, -0.2) is 66.4 Å². The van der Waals surface area contributed by atoms with Gasteiger partial charge in [-0.25, -0.2) is 4.79 Å². The lowest BCUT2D eigenvalue weighted by molar-refractivity contribution is -0.147. The van der Waals surface area contributed by atoms with Gasteiger partial charge in [0, 0.05) is 19.4 Å². The Morgan fingerprint density at radius 3 is 3.00 bits per heavy atom. The van der Waals surface area contributed by atoms with Crippen molar-refractivity contribution in [3.05, 3.63) is 0 Å². The van der Waals surface area contributed by atoms with Crippen molar-refractivity contribution in [2.75, 3.05) is 38.4 Å². The quantitative estimate of drug-likeness (QED) is 0.600. The van der Waals surface area contributed by atoms with Crippen molar-refractivity contribution in [2.24, 2.45) is 0 Å². The van der Waals surface area contributed by atoms with Gasteiger partial charge >= 0.3 is 5.97 Å². The van der Waals surface area contributed by atoms with E-state index in [-0.39, 0.29) is 12.5 Å². The Morgan fingerprint density at radius 1 is 1.62 bits per heavy atom. The number of methoxy groups -OCH3 is 1. The third-order valence-electron chi connectivity index (χ3n) is 2.25. The zero-order valence-electron chi connectivity index (χ0n) is 9.14. The van der Waals surface area contributed by atoms with E-state index in [2.05, 4.69) is 5.32 Å². The van der Waals surface area contributed by atoms with Crippen LogP contribution in [0.4, 0.5) is 0 Å². The molecule has 0 aliphatic carbocycles. The van der Waals surface area contributed by atoms with Crippen LogP contribution in [0.3, 0.4) is 0 Å². The molecule has 1 heterocycles. The van der Waals surface area contributed by atoms with Crippen LogP contribution in [0.1, 0.15) is 0 Å². The molecule has 0 spiro atoms. The highest BCUT2D eigenvalue weighted by atomic mass is 32.2. The van der Waals surface area contributed by atoms with E-state index >= 15 is 0 Å². The minimum atomic E-state index is -0.935. The van der Waals surface area contributed by atoms with Gasteiger partial charge in [0.1, 0.15) is 6.04 Å². The van der Waals surface area contributed by atoms with E-state index < -0.39 is 12.0 Å². The van der Waals surface area contributed by atoms with Gasteiger partial charge < -0.3 is 20.1 Å². The van der Waals surface area contributed by atoms with Gasteiger partial charge in [-0.05, 0) is 0 Å². The normalized spacial score (nSPS) is 20.1. The predicted octanol–water partition coefficient (Wildman–Crippen LogP) is -0.791. The molecule has 0 saturated carbocycles. The summed E-state index contributed by atoms with van der Waals surface area (Å²) in [5.74, 6) is -0.176. The largest absolute Gasteiger partial charge is 0.480 e. The molecule has 0 aromatic carbocycles. The number of amides is 1. The molecule has 0 aromatic rings. The Bertz CT molecular complexity index is 262. The molecule has 92 valence electrons. The highest BCUT2D eigenvalue weighted by molar-refractivity contribution is 7.99. The Balaban J connectivity index is 2.32. The van der Waals surface area contributed by atoms with E-state index in [1.54, 1.807) is 7.11 Å². The number of ether oxygens (including phenoxy) is 1. The second-order valence-electron chi connectivity index (χ2n) is 3.39. The third kappa shape index (κ3) is 3.66. The fourth-order valence-corrected chi connectivity index (χ4v) is 2.54. The molecule has 1 aliphatic rings. The molecule has 0 radical (unpaired) electrons. The first-order valence-corrected chi connectivity index (χ1v) is 6.12. The molecule has 0 bridgehead atoms. The lowest BCUT2D eigenvalue weighted by atomic mass is 10.3. The predicted molar refractivity (Wildman–Crippen MR) is 60.3 cm³/mol. The summed E-state index contributed by atoms with van der Waals surface area (Å²) in [6.07, 6.45) is 0. The van der Waals surface area contributed by atoms with E-state index in [1.165, 1.54) is 16.7 Å². The van der Waals surface area contributed by atoms with Crippen molar-refractivity contribution in [3.63, 3.8) is 0 Å². The second-order valence-corrected chi connectivity index (χ2v) is 4.39. The number of carbonyl (C=O) groups is 2. The first-order chi connectivity index (χ1) is 7.66. The van der Waals surface area contributed by atoms with E-state index in [0.717, 1.165) is 0 Å². The van der Waals surface area contributed by atoms with Gasteiger partial charge in [0.15, 0.2) is 0 Å². The number of hydrogen-bond donors (Lipinski definition) is 2. The van der Waals surface area contributed by atoms with Gasteiger partial charge in [0.2, 0.25) is 5.91 Å². The number of nitrogens with one attached hydrogen (secondary N) is 1. The lowest BCUT2D eigenvalue weighted by Crippen LogP contribution is -2.45. The number of carboxylic acids is 1. The Morgan fingerprint density at radius 2 is 2.38 bits per heavy atom.